The Kier molecular flexibility index (Phi) is 4.42. The van der Waals surface area contributed by atoms with Gasteiger partial charge in [-0.1, -0.05) is 0 Å². The highest BCUT2D eigenvalue weighted by molar-refractivity contribution is 5.96. The van der Waals surface area contributed by atoms with Gasteiger partial charge in [0.15, 0.2) is 0 Å². The Morgan fingerprint density at radius 1 is 1.33 bits per heavy atom. The molecule has 1 aliphatic carbocycles. The van der Waals surface area contributed by atoms with Crippen molar-refractivity contribution in [3.05, 3.63) is 23.8 Å². The third kappa shape index (κ3) is 2.97. The Morgan fingerprint density at radius 3 is 2.48 bits per heavy atom. The van der Waals surface area contributed by atoms with Gasteiger partial charge in [-0.05, 0) is 51.6 Å². The van der Waals surface area contributed by atoms with Gasteiger partial charge in [-0.3, -0.25) is 0 Å². The van der Waals surface area contributed by atoms with Crippen molar-refractivity contribution < 1.29 is 9.53 Å². The van der Waals surface area contributed by atoms with Gasteiger partial charge in [0.25, 0.3) is 0 Å². The van der Waals surface area contributed by atoms with Gasteiger partial charge in [-0.2, -0.15) is 0 Å². The van der Waals surface area contributed by atoms with Gasteiger partial charge < -0.3 is 20.3 Å². The maximum absolute atomic E-state index is 12.0. The summed E-state index contributed by atoms with van der Waals surface area (Å²) in [5.74, 6) is -0.350. The third-order valence-corrected chi connectivity index (χ3v) is 4.60. The van der Waals surface area contributed by atoms with Gasteiger partial charge in [0.05, 0.1) is 18.4 Å². The third-order valence-electron chi connectivity index (χ3n) is 4.60. The minimum absolute atomic E-state index is 0.198. The van der Waals surface area contributed by atoms with Crippen molar-refractivity contribution in [3.63, 3.8) is 0 Å². The second kappa shape index (κ2) is 5.93. The summed E-state index contributed by atoms with van der Waals surface area (Å²) in [6.07, 6.45) is 3.64. The van der Waals surface area contributed by atoms with E-state index in [1.54, 1.807) is 6.07 Å². The molecule has 0 spiro atoms. The van der Waals surface area contributed by atoms with Crippen molar-refractivity contribution in [1.29, 1.82) is 0 Å². The summed E-state index contributed by atoms with van der Waals surface area (Å²) >= 11 is 0. The molecule has 0 radical (unpaired) electrons. The van der Waals surface area contributed by atoms with E-state index in [0.717, 1.165) is 12.2 Å². The highest BCUT2D eigenvalue weighted by Crippen LogP contribution is 2.38. The lowest BCUT2D eigenvalue weighted by atomic mass is 9.75. The molecule has 1 aromatic carbocycles. The number of ether oxygens (including phenoxy) is 1. The highest BCUT2D eigenvalue weighted by Gasteiger charge is 2.40. The van der Waals surface area contributed by atoms with E-state index in [2.05, 4.69) is 23.9 Å². The van der Waals surface area contributed by atoms with Crippen LogP contribution in [0.15, 0.2) is 18.2 Å². The molecule has 1 saturated carbocycles. The lowest BCUT2D eigenvalue weighted by Crippen LogP contribution is -2.56. The van der Waals surface area contributed by atoms with Crippen LogP contribution in [-0.2, 0) is 4.74 Å². The number of likely N-dealkylation sites (N-methyl/N-ethyl adjacent to an activating group) is 2. The van der Waals surface area contributed by atoms with E-state index in [0.29, 0.717) is 11.3 Å². The summed E-state index contributed by atoms with van der Waals surface area (Å²) in [6.45, 7) is 0.883. The zero-order chi connectivity index (χ0) is 15.6. The zero-order valence-corrected chi connectivity index (χ0v) is 13.3. The smallest absolute Gasteiger partial charge is 0.340 e. The number of hydrogen-bond donors (Lipinski definition) is 1. The first-order valence-electron chi connectivity index (χ1n) is 7.26. The number of esters is 1. The van der Waals surface area contributed by atoms with Gasteiger partial charge in [0.1, 0.15) is 0 Å². The lowest BCUT2D eigenvalue weighted by molar-refractivity contribution is 0.0597. The van der Waals surface area contributed by atoms with Crippen LogP contribution >= 0.6 is 0 Å². The fourth-order valence-corrected chi connectivity index (χ4v) is 3.02. The molecule has 0 saturated heterocycles. The van der Waals surface area contributed by atoms with Crippen LogP contribution in [0.25, 0.3) is 0 Å². The number of nitrogen functional groups attached to an aromatic ring is 1. The fraction of sp³-hybridized carbons (Fsp3) is 0.562. The summed E-state index contributed by atoms with van der Waals surface area (Å²) in [6, 6.07) is 5.39. The number of methoxy groups -OCH3 is 1. The molecule has 0 atom stereocenters. The monoisotopic (exact) mass is 291 g/mol. The Balaban J connectivity index is 2.26. The van der Waals surface area contributed by atoms with Crippen LogP contribution in [0.2, 0.25) is 0 Å². The fourth-order valence-electron chi connectivity index (χ4n) is 3.02. The van der Waals surface area contributed by atoms with Crippen molar-refractivity contribution in [2.45, 2.75) is 24.8 Å². The minimum Gasteiger partial charge on any atom is -0.465 e. The number of nitrogens with zero attached hydrogens (tertiary/aromatic N) is 2. The molecule has 0 aliphatic heterocycles. The van der Waals surface area contributed by atoms with Crippen molar-refractivity contribution in [1.82, 2.24) is 4.90 Å². The van der Waals surface area contributed by atoms with E-state index in [9.17, 15) is 4.79 Å². The number of nitrogens with two attached hydrogens (primary N) is 1. The highest BCUT2D eigenvalue weighted by atomic mass is 16.5. The SMILES string of the molecule is COC(=O)c1cc(N)ccc1N(C)CC1(N(C)C)CCC1. The van der Waals surface area contributed by atoms with E-state index in [4.69, 9.17) is 10.5 Å². The standard InChI is InChI=1S/C16H25N3O2/c1-18(2)16(8-5-9-16)11-19(3)14-7-6-12(17)10-13(14)15(20)21-4/h6-7,10H,5,8-9,11,17H2,1-4H3. The number of rotatable bonds is 5. The van der Waals surface area contributed by atoms with Gasteiger partial charge in [-0.25, -0.2) is 4.79 Å². The first kappa shape index (κ1) is 15.6. The molecular formula is C16H25N3O2. The van der Waals surface area contributed by atoms with Crippen LogP contribution < -0.4 is 10.6 Å². The molecule has 1 aromatic rings. The normalized spacial score (nSPS) is 16.4. The molecule has 1 fully saturated rings. The van der Waals surface area contributed by atoms with Gasteiger partial charge in [-0.15, -0.1) is 0 Å². The lowest BCUT2D eigenvalue weighted by Gasteiger charge is -2.49. The van der Waals surface area contributed by atoms with E-state index in [1.165, 1.54) is 26.4 Å². The molecule has 0 aromatic heterocycles. The summed E-state index contributed by atoms with van der Waals surface area (Å²) < 4.78 is 4.87. The summed E-state index contributed by atoms with van der Waals surface area (Å²) in [7, 11) is 7.65. The number of benzene rings is 1. The van der Waals surface area contributed by atoms with Crippen LogP contribution in [0, 0.1) is 0 Å². The molecule has 0 heterocycles. The second-order valence-corrected chi connectivity index (χ2v) is 6.10. The molecule has 116 valence electrons. The first-order valence-corrected chi connectivity index (χ1v) is 7.26. The predicted molar refractivity (Wildman–Crippen MR) is 85.7 cm³/mol. The first-order chi connectivity index (χ1) is 9.89. The molecule has 0 amide bonds. The number of hydrogen-bond acceptors (Lipinski definition) is 5. The average molecular weight is 291 g/mol. The quantitative estimate of drug-likeness (QED) is 0.664. The summed E-state index contributed by atoms with van der Waals surface area (Å²) in [4.78, 5) is 16.4. The second-order valence-electron chi connectivity index (χ2n) is 6.10. The van der Waals surface area contributed by atoms with Crippen LogP contribution in [-0.4, -0.2) is 51.2 Å². The molecule has 1 aliphatic rings. The van der Waals surface area contributed by atoms with Crippen molar-refractivity contribution in [3.8, 4) is 0 Å². The van der Waals surface area contributed by atoms with E-state index in [1.807, 2.05) is 19.2 Å². The Bertz CT molecular complexity index is 524. The number of carbonyl (C=O) groups excluding carboxylic acids is 1. The van der Waals surface area contributed by atoms with E-state index < -0.39 is 0 Å². The molecule has 2 N–H and O–H groups in total. The molecule has 5 nitrogen and oxygen atoms in total. The van der Waals surface area contributed by atoms with Gasteiger partial charge >= 0.3 is 5.97 Å². The zero-order valence-electron chi connectivity index (χ0n) is 13.3. The largest absolute Gasteiger partial charge is 0.465 e. The van der Waals surface area contributed by atoms with Crippen LogP contribution in [0.1, 0.15) is 29.6 Å². The predicted octanol–water partition coefficient (Wildman–Crippen LogP) is 1.98. The maximum Gasteiger partial charge on any atom is 0.340 e. The molecular weight excluding hydrogens is 266 g/mol. The van der Waals surface area contributed by atoms with Gasteiger partial charge in [0.2, 0.25) is 0 Å². The Labute approximate surface area is 126 Å². The summed E-state index contributed by atoms with van der Waals surface area (Å²) in [5, 5.41) is 0. The Morgan fingerprint density at radius 2 is 2.00 bits per heavy atom. The van der Waals surface area contributed by atoms with E-state index >= 15 is 0 Å². The van der Waals surface area contributed by atoms with Crippen LogP contribution in [0.5, 0.6) is 0 Å². The molecule has 21 heavy (non-hydrogen) atoms. The minimum atomic E-state index is -0.350. The van der Waals surface area contributed by atoms with E-state index in [-0.39, 0.29) is 11.5 Å². The summed E-state index contributed by atoms with van der Waals surface area (Å²) in [5.41, 5.74) is 7.95. The maximum atomic E-state index is 12.0. The van der Waals surface area contributed by atoms with Crippen molar-refractivity contribution in [2.75, 3.05) is 45.4 Å². The molecule has 0 bridgehead atoms. The number of anilines is 2. The van der Waals surface area contributed by atoms with Gasteiger partial charge in [0, 0.05) is 24.8 Å². The van der Waals surface area contributed by atoms with Crippen LogP contribution in [0.3, 0.4) is 0 Å². The van der Waals surface area contributed by atoms with Crippen molar-refractivity contribution >= 4 is 17.3 Å². The number of carbonyl (C=O) groups is 1. The topological polar surface area (TPSA) is 58.8 Å². The average Bonchev–Trinajstić information content (AvgIpc) is 2.41. The molecule has 2 rings (SSSR count). The molecule has 5 heteroatoms. The Hall–Kier alpha value is -1.75. The molecule has 0 unspecified atom stereocenters. The van der Waals surface area contributed by atoms with Crippen molar-refractivity contribution in [2.24, 2.45) is 0 Å². The van der Waals surface area contributed by atoms with Crippen LogP contribution in [0.4, 0.5) is 11.4 Å².